The third-order valence-corrected chi connectivity index (χ3v) is 3.13. The summed E-state index contributed by atoms with van der Waals surface area (Å²) in [7, 11) is 0. The molecule has 1 aromatic heterocycles. The Hall–Kier alpha value is -1.01. The molecule has 1 fully saturated rings. The molecule has 76 valence electrons. The van der Waals surface area contributed by atoms with E-state index in [4.69, 9.17) is 5.73 Å². The molecule has 0 saturated carbocycles. The molecule has 0 radical (unpaired) electrons. The van der Waals surface area contributed by atoms with Gasteiger partial charge in [-0.25, -0.2) is 0 Å². The molecule has 2 rings (SSSR count). The van der Waals surface area contributed by atoms with Gasteiger partial charge in [0.1, 0.15) is 4.88 Å². The zero-order valence-electron chi connectivity index (χ0n) is 7.72. The minimum Gasteiger partial charge on any atom is -0.338 e. The number of hydrogen-bond acceptors (Lipinski definition) is 5. The number of rotatable bonds is 2. The molecule has 0 spiro atoms. The SMILES string of the molecule is NCC1CCN(C(=O)c2cnns2)C1. The van der Waals surface area contributed by atoms with E-state index in [-0.39, 0.29) is 5.91 Å². The molecule has 0 aliphatic carbocycles. The van der Waals surface area contributed by atoms with E-state index in [0.29, 0.717) is 17.3 Å². The number of aromatic nitrogens is 2. The molecule has 1 unspecified atom stereocenters. The molecule has 1 aromatic rings. The van der Waals surface area contributed by atoms with Crippen molar-refractivity contribution in [1.29, 1.82) is 0 Å². The highest BCUT2D eigenvalue weighted by Crippen LogP contribution is 2.18. The first kappa shape index (κ1) is 9.54. The van der Waals surface area contributed by atoms with Crippen LogP contribution in [0.2, 0.25) is 0 Å². The second-order valence-electron chi connectivity index (χ2n) is 3.42. The molecule has 1 atom stereocenters. The summed E-state index contributed by atoms with van der Waals surface area (Å²) in [5.41, 5.74) is 5.55. The van der Waals surface area contributed by atoms with Gasteiger partial charge < -0.3 is 10.6 Å². The van der Waals surface area contributed by atoms with Crippen molar-refractivity contribution in [3.05, 3.63) is 11.1 Å². The molecule has 2 heterocycles. The molecule has 14 heavy (non-hydrogen) atoms. The number of carbonyl (C=O) groups is 1. The van der Waals surface area contributed by atoms with Crippen LogP contribution in [0, 0.1) is 5.92 Å². The lowest BCUT2D eigenvalue weighted by Gasteiger charge is -2.14. The van der Waals surface area contributed by atoms with E-state index in [1.54, 1.807) is 0 Å². The lowest BCUT2D eigenvalue weighted by atomic mass is 10.1. The number of hydrogen-bond donors (Lipinski definition) is 1. The molecule has 1 amide bonds. The van der Waals surface area contributed by atoms with Crippen LogP contribution in [-0.2, 0) is 0 Å². The Morgan fingerprint density at radius 2 is 2.64 bits per heavy atom. The minimum atomic E-state index is 0.0379. The molecular weight excluding hydrogens is 200 g/mol. The Labute approximate surface area is 86.1 Å². The van der Waals surface area contributed by atoms with Gasteiger partial charge in [-0.15, -0.1) is 5.10 Å². The molecule has 0 bridgehead atoms. The van der Waals surface area contributed by atoms with Crippen LogP contribution in [0.1, 0.15) is 16.1 Å². The topological polar surface area (TPSA) is 72.1 Å². The second kappa shape index (κ2) is 4.02. The number of nitrogens with zero attached hydrogens (tertiary/aromatic N) is 3. The third kappa shape index (κ3) is 1.76. The summed E-state index contributed by atoms with van der Waals surface area (Å²) in [4.78, 5) is 14.2. The summed E-state index contributed by atoms with van der Waals surface area (Å²) in [6, 6.07) is 0. The van der Waals surface area contributed by atoms with Crippen LogP contribution in [0.3, 0.4) is 0 Å². The molecule has 2 N–H and O–H groups in total. The van der Waals surface area contributed by atoms with Crippen molar-refractivity contribution in [1.82, 2.24) is 14.5 Å². The largest absolute Gasteiger partial charge is 0.338 e. The number of carbonyl (C=O) groups excluding carboxylic acids is 1. The highest BCUT2D eigenvalue weighted by Gasteiger charge is 2.26. The Kier molecular flexibility index (Phi) is 2.74. The first-order chi connectivity index (χ1) is 6.81. The first-order valence-electron chi connectivity index (χ1n) is 4.58. The maximum absolute atomic E-state index is 11.8. The zero-order valence-corrected chi connectivity index (χ0v) is 8.54. The molecule has 5 nitrogen and oxygen atoms in total. The van der Waals surface area contributed by atoms with E-state index in [1.165, 1.54) is 6.20 Å². The fourth-order valence-corrected chi connectivity index (χ4v) is 2.11. The van der Waals surface area contributed by atoms with Gasteiger partial charge in [0.05, 0.1) is 6.20 Å². The van der Waals surface area contributed by atoms with E-state index in [2.05, 4.69) is 9.59 Å². The van der Waals surface area contributed by atoms with Gasteiger partial charge in [0, 0.05) is 13.1 Å². The molecule has 1 aliphatic rings. The first-order valence-corrected chi connectivity index (χ1v) is 5.35. The lowest BCUT2D eigenvalue weighted by molar-refractivity contribution is 0.0792. The average molecular weight is 212 g/mol. The standard InChI is InChI=1S/C8H12N4OS/c9-3-6-1-2-12(5-6)8(13)7-4-10-11-14-7/h4,6H,1-3,5,9H2. The monoisotopic (exact) mass is 212 g/mol. The number of nitrogens with two attached hydrogens (primary N) is 1. The lowest BCUT2D eigenvalue weighted by Crippen LogP contribution is -2.29. The van der Waals surface area contributed by atoms with Crippen molar-refractivity contribution in [2.45, 2.75) is 6.42 Å². The Balaban J connectivity index is 2.00. The normalized spacial score (nSPS) is 21.5. The molecule has 1 saturated heterocycles. The molecule has 6 heteroatoms. The van der Waals surface area contributed by atoms with Crippen LogP contribution >= 0.6 is 11.5 Å². The zero-order chi connectivity index (χ0) is 9.97. The molecule has 1 aliphatic heterocycles. The summed E-state index contributed by atoms with van der Waals surface area (Å²) < 4.78 is 3.67. The van der Waals surface area contributed by atoms with Gasteiger partial charge in [-0.3, -0.25) is 4.79 Å². The van der Waals surface area contributed by atoms with E-state index in [9.17, 15) is 4.79 Å². The van der Waals surface area contributed by atoms with Gasteiger partial charge in [-0.1, -0.05) is 4.49 Å². The summed E-state index contributed by atoms with van der Waals surface area (Å²) in [6.07, 6.45) is 2.53. The molecule has 0 aromatic carbocycles. The van der Waals surface area contributed by atoms with Crippen molar-refractivity contribution in [3.63, 3.8) is 0 Å². The van der Waals surface area contributed by atoms with Gasteiger partial charge in [0.25, 0.3) is 5.91 Å². The average Bonchev–Trinajstić information content (AvgIpc) is 2.88. The van der Waals surface area contributed by atoms with Gasteiger partial charge >= 0.3 is 0 Å². The predicted molar refractivity (Wildman–Crippen MR) is 53.0 cm³/mol. The van der Waals surface area contributed by atoms with Crippen LogP contribution in [-0.4, -0.2) is 40.0 Å². The van der Waals surface area contributed by atoms with Crippen molar-refractivity contribution in [2.24, 2.45) is 11.7 Å². The van der Waals surface area contributed by atoms with Crippen molar-refractivity contribution < 1.29 is 4.79 Å². The fourth-order valence-electron chi connectivity index (χ4n) is 1.63. The summed E-state index contributed by atoms with van der Waals surface area (Å²) >= 11 is 1.14. The third-order valence-electron chi connectivity index (χ3n) is 2.48. The second-order valence-corrected chi connectivity index (χ2v) is 4.21. The van der Waals surface area contributed by atoms with Crippen molar-refractivity contribution in [3.8, 4) is 0 Å². The van der Waals surface area contributed by atoms with Gasteiger partial charge in [0.2, 0.25) is 0 Å². The summed E-state index contributed by atoms with van der Waals surface area (Å²) in [5, 5.41) is 3.65. The van der Waals surface area contributed by atoms with Crippen LogP contribution in [0.4, 0.5) is 0 Å². The fraction of sp³-hybridized carbons (Fsp3) is 0.625. The van der Waals surface area contributed by atoms with Crippen molar-refractivity contribution in [2.75, 3.05) is 19.6 Å². The van der Waals surface area contributed by atoms with Gasteiger partial charge in [0.15, 0.2) is 0 Å². The van der Waals surface area contributed by atoms with Crippen LogP contribution < -0.4 is 5.73 Å². The predicted octanol–water partition coefficient (Wildman–Crippen LogP) is -0.0411. The highest BCUT2D eigenvalue weighted by atomic mass is 32.1. The Morgan fingerprint density at radius 1 is 1.79 bits per heavy atom. The quantitative estimate of drug-likeness (QED) is 0.746. The van der Waals surface area contributed by atoms with Gasteiger partial charge in [-0.2, -0.15) is 0 Å². The van der Waals surface area contributed by atoms with E-state index in [1.807, 2.05) is 4.90 Å². The minimum absolute atomic E-state index is 0.0379. The summed E-state index contributed by atoms with van der Waals surface area (Å²) in [6.45, 7) is 2.23. The van der Waals surface area contributed by atoms with Gasteiger partial charge in [-0.05, 0) is 30.4 Å². The number of likely N-dealkylation sites (tertiary alicyclic amines) is 1. The van der Waals surface area contributed by atoms with Crippen LogP contribution in [0.25, 0.3) is 0 Å². The van der Waals surface area contributed by atoms with Crippen LogP contribution in [0.15, 0.2) is 6.20 Å². The van der Waals surface area contributed by atoms with E-state index < -0.39 is 0 Å². The maximum Gasteiger partial charge on any atom is 0.267 e. The maximum atomic E-state index is 11.8. The van der Waals surface area contributed by atoms with E-state index in [0.717, 1.165) is 31.0 Å². The summed E-state index contributed by atoms with van der Waals surface area (Å²) in [5.74, 6) is 0.496. The highest BCUT2D eigenvalue weighted by molar-refractivity contribution is 7.07. The van der Waals surface area contributed by atoms with Crippen LogP contribution in [0.5, 0.6) is 0 Å². The molecular formula is C8H12N4OS. The Morgan fingerprint density at radius 3 is 3.21 bits per heavy atom. The smallest absolute Gasteiger partial charge is 0.267 e. The number of amides is 1. The Bertz CT molecular complexity index is 313. The van der Waals surface area contributed by atoms with E-state index >= 15 is 0 Å². The van der Waals surface area contributed by atoms with Crippen molar-refractivity contribution >= 4 is 17.4 Å².